The van der Waals surface area contributed by atoms with Gasteiger partial charge >= 0.3 is 0 Å². The molecule has 1 nitrogen and oxygen atoms in total. The highest BCUT2D eigenvalue weighted by Gasteiger charge is 2.24. The lowest BCUT2D eigenvalue weighted by atomic mass is 10.3. The summed E-state index contributed by atoms with van der Waals surface area (Å²) in [4.78, 5) is 0. The molecule has 0 aliphatic heterocycles. The van der Waals surface area contributed by atoms with E-state index in [0.29, 0.717) is 0 Å². The molecule has 1 heteroatoms. The largest absolute Gasteiger partial charge is 0.388 e. The first-order valence-electron chi connectivity index (χ1n) is 4.28. The maximum atomic E-state index is 3.44. The quantitative estimate of drug-likeness (QED) is 0.630. The van der Waals surface area contributed by atoms with Crippen molar-refractivity contribution in [1.82, 2.24) is 5.32 Å². The number of hydrogen-bond donors (Lipinski definition) is 1. The van der Waals surface area contributed by atoms with Crippen LogP contribution in [0, 0.1) is 5.92 Å². The van der Waals surface area contributed by atoms with Gasteiger partial charge in [-0.15, -0.1) is 0 Å². The first-order valence-corrected chi connectivity index (χ1v) is 4.28. The highest BCUT2D eigenvalue weighted by atomic mass is 14.9. The van der Waals surface area contributed by atoms with Crippen LogP contribution in [0.3, 0.4) is 0 Å². The third-order valence-corrected chi connectivity index (χ3v) is 1.91. The molecule has 0 atom stereocenters. The molecule has 1 saturated carbocycles. The molecule has 0 spiro atoms. The van der Waals surface area contributed by atoms with Crippen molar-refractivity contribution < 1.29 is 0 Å². The molecular weight excluding hydrogens is 122 g/mol. The van der Waals surface area contributed by atoms with Crippen molar-refractivity contribution in [3.8, 4) is 0 Å². The molecule has 0 aromatic heterocycles. The van der Waals surface area contributed by atoms with Crippen molar-refractivity contribution in [3.63, 3.8) is 0 Å². The van der Waals surface area contributed by atoms with E-state index < -0.39 is 0 Å². The summed E-state index contributed by atoms with van der Waals surface area (Å²) in [7, 11) is 0. The third-order valence-electron chi connectivity index (χ3n) is 1.91. The first-order chi connectivity index (χ1) is 4.88. The Kier molecular flexibility index (Phi) is 2.79. The summed E-state index contributed by atoms with van der Waals surface area (Å²) in [6, 6.07) is 0. The van der Waals surface area contributed by atoms with E-state index in [2.05, 4.69) is 25.2 Å². The van der Waals surface area contributed by atoms with Crippen molar-refractivity contribution in [3.05, 3.63) is 11.8 Å². The van der Waals surface area contributed by atoms with Gasteiger partial charge in [0.1, 0.15) is 0 Å². The molecule has 0 radical (unpaired) electrons. The van der Waals surface area contributed by atoms with E-state index in [0.717, 1.165) is 12.5 Å². The number of hydrogen-bond acceptors (Lipinski definition) is 1. The minimum absolute atomic E-state index is 0.886. The summed E-state index contributed by atoms with van der Waals surface area (Å²) >= 11 is 0. The topological polar surface area (TPSA) is 12.0 Å². The lowest BCUT2D eigenvalue weighted by Crippen LogP contribution is -2.14. The van der Waals surface area contributed by atoms with Gasteiger partial charge in [0.25, 0.3) is 0 Å². The van der Waals surface area contributed by atoms with Crippen LogP contribution >= 0.6 is 0 Å². The van der Waals surface area contributed by atoms with Crippen LogP contribution in [0.1, 0.15) is 33.1 Å². The molecular formula is C9H17N. The lowest BCUT2D eigenvalue weighted by Gasteiger charge is -2.06. The fourth-order valence-electron chi connectivity index (χ4n) is 1.15. The van der Waals surface area contributed by atoms with Crippen molar-refractivity contribution in [2.45, 2.75) is 33.1 Å². The molecule has 10 heavy (non-hydrogen) atoms. The van der Waals surface area contributed by atoms with Crippen LogP contribution in [-0.2, 0) is 0 Å². The second kappa shape index (κ2) is 3.65. The van der Waals surface area contributed by atoms with Crippen LogP contribution in [-0.4, -0.2) is 6.54 Å². The van der Waals surface area contributed by atoms with Gasteiger partial charge in [-0.05, 0) is 32.1 Å². The molecule has 1 aliphatic rings. The molecule has 1 aliphatic carbocycles. The van der Waals surface area contributed by atoms with Crippen LogP contribution in [0.25, 0.3) is 0 Å². The number of nitrogens with one attached hydrogen (secondary N) is 1. The van der Waals surface area contributed by atoms with E-state index >= 15 is 0 Å². The van der Waals surface area contributed by atoms with Gasteiger partial charge in [0, 0.05) is 12.2 Å². The Labute approximate surface area is 63.5 Å². The number of allylic oxidation sites excluding steroid dienone is 2. The van der Waals surface area contributed by atoms with Crippen molar-refractivity contribution in [1.29, 1.82) is 0 Å². The summed E-state index contributed by atoms with van der Waals surface area (Å²) in [6.07, 6.45) is 6.24. The van der Waals surface area contributed by atoms with E-state index in [1.807, 2.05) is 0 Å². The summed E-state index contributed by atoms with van der Waals surface area (Å²) in [6.45, 7) is 5.46. The molecule has 58 valence electrons. The summed E-state index contributed by atoms with van der Waals surface area (Å²) < 4.78 is 0. The van der Waals surface area contributed by atoms with Crippen molar-refractivity contribution in [2.75, 3.05) is 6.54 Å². The smallest absolute Gasteiger partial charge is 0.0141 e. The molecule has 0 aromatic carbocycles. The van der Waals surface area contributed by atoms with Crippen molar-refractivity contribution >= 4 is 0 Å². The highest BCUT2D eigenvalue weighted by Crippen LogP contribution is 2.34. The first kappa shape index (κ1) is 7.64. The van der Waals surface area contributed by atoms with Crippen LogP contribution in [0.4, 0.5) is 0 Å². The predicted molar refractivity (Wildman–Crippen MR) is 44.8 cm³/mol. The van der Waals surface area contributed by atoms with Crippen LogP contribution in [0.2, 0.25) is 0 Å². The Morgan fingerprint density at radius 3 is 2.70 bits per heavy atom. The van der Waals surface area contributed by atoms with E-state index in [9.17, 15) is 0 Å². The lowest BCUT2D eigenvalue weighted by molar-refractivity contribution is 0.718. The SMILES string of the molecule is C/C=C(\NCCC)C1CC1. The van der Waals surface area contributed by atoms with Crippen LogP contribution in [0.5, 0.6) is 0 Å². The summed E-state index contributed by atoms with van der Waals surface area (Å²) in [5.41, 5.74) is 1.47. The van der Waals surface area contributed by atoms with E-state index in [-0.39, 0.29) is 0 Å². The van der Waals surface area contributed by atoms with E-state index in [4.69, 9.17) is 0 Å². The molecule has 0 bridgehead atoms. The second-order valence-corrected chi connectivity index (χ2v) is 2.95. The Morgan fingerprint density at radius 2 is 2.30 bits per heavy atom. The fourth-order valence-corrected chi connectivity index (χ4v) is 1.15. The Bertz CT molecular complexity index is 123. The van der Waals surface area contributed by atoms with E-state index in [1.54, 1.807) is 0 Å². The monoisotopic (exact) mass is 139 g/mol. The van der Waals surface area contributed by atoms with Gasteiger partial charge in [0.05, 0.1) is 0 Å². The fraction of sp³-hybridized carbons (Fsp3) is 0.778. The van der Waals surface area contributed by atoms with Gasteiger partial charge in [0.15, 0.2) is 0 Å². The minimum Gasteiger partial charge on any atom is -0.388 e. The van der Waals surface area contributed by atoms with Gasteiger partial charge in [-0.25, -0.2) is 0 Å². The van der Waals surface area contributed by atoms with Crippen LogP contribution in [0.15, 0.2) is 11.8 Å². The normalized spacial score (nSPS) is 19.2. The maximum Gasteiger partial charge on any atom is 0.0141 e. The van der Waals surface area contributed by atoms with Crippen molar-refractivity contribution in [2.24, 2.45) is 5.92 Å². The average molecular weight is 139 g/mol. The second-order valence-electron chi connectivity index (χ2n) is 2.95. The van der Waals surface area contributed by atoms with Gasteiger partial charge in [-0.1, -0.05) is 13.0 Å². The summed E-state index contributed by atoms with van der Waals surface area (Å²) in [5, 5.41) is 3.44. The van der Waals surface area contributed by atoms with Crippen LogP contribution < -0.4 is 5.32 Å². The molecule has 1 fully saturated rings. The molecule has 0 heterocycles. The van der Waals surface area contributed by atoms with Gasteiger partial charge in [-0.3, -0.25) is 0 Å². The zero-order valence-corrected chi connectivity index (χ0v) is 6.98. The van der Waals surface area contributed by atoms with E-state index in [1.165, 1.54) is 25.0 Å². The summed E-state index contributed by atoms with van der Waals surface area (Å²) in [5.74, 6) is 0.886. The Morgan fingerprint density at radius 1 is 1.60 bits per heavy atom. The molecule has 0 unspecified atom stereocenters. The van der Waals surface area contributed by atoms with Gasteiger partial charge in [-0.2, -0.15) is 0 Å². The third kappa shape index (κ3) is 2.05. The highest BCUT2D eigenvalue weighted by molar-refractivity contribution is 5.09. The molecule has 0 aromatic rings. The van der Waals surface area contributed by atoms with Gasteiger partial charge < -0.3 is 5.32 Å². The zero-order chi connectivity index (χ0) is 7.40. The Balaban J connectivity index is 2.20. The predicted octanol–water partition coefficient (Wildman–Crippen LogP) is 2.30. The van der Waals surface area contributed by atoms with Gasteiger partial charge in [0.2, 0.25) is 0 Å². The average Bonchev–Trinajstić information content (AvgIpc) is 2.73. The zero-order valence-electron chi connectivity index (χ0n) is 6.98. The number of rotatable bonds is 4. The molecule has 0 saturated heterocycles. The Hall–Kier alpha value is -0.460. The maximum absolute atomic E-state index is 3.44. The standard InChI is InChI=1S/C9H17N/c1-3-7-10-9(4-2)8-5-6-8/h4,8,10H,3,5-7H2,1-2H3/b9-4-. The molecule has 1 N–H and O–H groups in total. The minimum atomic E-state index is 0.886. The molecule has 1 rings (SSSR count). The molecule has 0 amide bonds.